The summed E-state index contributed by atoms with van der Waals surface area (Å²) in [7, 11) is 3.43. The molecule has 7 nitrogen and oxygen atoms in total. The number of para-hydroxylation sites is 2. The standard InChI is InChI=1S/C24H34N4O3.HI/c1-24(2,28-13-15-30-16-14-28)18-27-23(25-3)26-17-19-9-11-20(12-10-19)31-22-8-6-5-7-21(22)29-4;/h5-12H,13-18H2,1-4H3,(H2,25,26,27);1H. The summed E-state index contributed by atoms with van der Waals surface area (Å²) in [6.07, 6.45) is 0. The molecule has 2 aromatic carbocycles. The summed E-state index contributed by atoms with van der Waals surface area (Å²) >= 11 is 0. The number of halogens is 1. The SMILES string of the molecule is CN=C(NCc1ccc(Oc2ccccc2OC)cc1)NCC(C)(C)N1CCOCC1.I. The molecule has 0 bridgehead atoms. The number of rotatable bonds is 8. The van der Waals surface area contributed by atoms with Crippen molar-refractivity contribution >= 4 is 29.9 Å². The molecule has 0 spiro atoms. The van der Waals surface area contributed by atoms with Crippen molar-refractivity contribution in [2.24, 2.45) is 4.99 Å². The van der Waals surface area contributed by atoms with Crippen molar-refractivity contribution in [1.29, 1.82) is 0 Å². The Morgan fingerprint density at radius 2 is 1.69 bits per heavy atom. The molecule has 0 aromatic heterocycles. The lowest BCUT2D eigenvalue weighted by Crippen LogP contribution is -2.56. The highest BCUT2D eigenvalue weighted by Crippen LogP contribution is 2.30. The molecular formula is C24H35IN4O3. The highest BCUT2D eigenvalue weighted by atomic mass is 127. The lowest BCUT2D eigenvalue weighted by Gasteiger charge is -2.41. The first-order valence-electron chi connectivity index (χ1n) is 10.7. The second kappa shape index (κ2) is 12.9. The molecule has 0 atom stereocenters. The van der Waals surface area contributed by atoms with Gasteiger partial charge in [-0.05, 0) is 43.7 Å². The predicted octanol–water partition coefficient (Wildman–Crippen LogP) is 3.88. The van der Waals surface area contributed by atoms with Crippen LogP contribution >= 0.6 is 24.0 Å². The maximum absolute atomic E-state index is 5.94. The largest absolute Gasteiger partial charge is 0.493 e. The Kier molecular flexibility index (Phi) is 10.5. The van der Waals surface area contributed by atoms with Gasteiger partial charge in [0.1, 0.15) is 5.75 Å². The number of hydrogen-bond acceptors (Lipinski definition) is 5. The minimum Gasteiger partial charge on any atom is -0.493 e. The second-order valence-corrected chi connectivity index (χ2v) is 8.09. The van der Waals surface area contributed by atoms with Crippen molar-refractivity contribution in [3.8, 4) is 17.2 Å². The van der Waals surface area contributed by atoms with E-state index >= 15 is 0 Å². The molecule has 0 unspecified atom stereocenters. The lowest BCUT2D eigenvalue weighted by atomic mass is 10.0. The first-order chi connectivity index (χ1) is 15.0. The monoisotopic (exact) mass is 554 g/mol. The molecule has 1 fully saturated rings. The molecule has 1 heterocycles. The van der Waals surface area contributed by atoms with E-state index in [9.17, 15) is 0 Å². The summed E-state index contributed by atoms with van der Waals surface area (Å²) in [5, 5.41) is 6.84. The number of guanidine groups is 1. The summed E-state index contributed by atoms with van der Waals surface area (Å²) < 4.78 is 16.7. The molecule has 1 aliphatic heterocycles. The molecule has 0 amide bonds. The number of benzene rings is 2. The number of nitrogens with one attached hydrogen (secondary N) is 2. The zero-order chi connectivity index (χ0) is 22.1. The molecule has 0 saturated carbocycles. The fourth-order valence-electron chi connectivity index (χ4n) is 3.49. The van der Waals surface area contributed by atoms with Crippen molar-refractivity contribution in [2.75, 3.05) is 47.0 Å². The van der Waals surface area contributed by atoms with E-state index in [2.05, 4.69) is 34.4 Å². The topological polar surface area (TPSA) is 67.4 Å². The van der Waals surface area contributed by atoms with Crippen LogP contribution < -0.4 is 20.1 Å². The molecular weight excluding hydrogens is 519 g/mol. The fourth-order valence-corrected chi connectivity index (χ4v) is 3.49. The third-order valence-corrected chi connectivity index (χ3v) is 5.46. The smallest absolute Gasteiger partial charge is 0.191 e. The summed E-state index contributed by atoms with van der Waals surface area (Å²) in [6.45, 7) is 9.50. The van der Waals surface area contributed by atoms with Gasteiger partial charge in [-0.2, -0.15) is 0 Å². The first-order valence-corrected chi connectivity index (χ1v) is 10.7. The number of morpholine rings is 1. The number of ether oxygens (including phenoxy) is 3. The highest BCUT2D eigenvalue weighted by Gasteiger charge is 2.28. The van der Waals surface area contributed by atoms with E-state index in [1.165, 1.54) is 0 Å². The maximum atomic E-state index is 5.94. The van der Waals surface area contributed by atoms with Gasteiger partial charge in [-0.25, -0.2) is 0 Å². The highest BCUT2D eigenvalue weighted by molar-refractivity contribution is 14.0. The van der Waals surface area contributed by atoms with Gasteiger partial charge in [-0.3, -0.25) is 9.89 Å². The minimum atomic E-state index is 0. The van der Waals surface area contributed by atoms with Gasteiger partial charge in [-0.1, -0.05) is 24.3 Å². The Bertz CT molecular complexity index is 853. The minimum absolute atomic E-state index is 0. The summed E-state index contributed by atoms with van der Waals surface area (Å²) in [6, 6.07) is 15.6. The summed E-state index contributed by atoms with van der Waals surface area (Å²) in [5.41, 5.74) is 1.17. The quantitative estimate of drug-likeness (QED) is 0.294. The van der Waals surface area contributed by atoms with Crippen molar-refractivity contribution in [1.82, 2.24) is 15.5 Å². The first kappa shape index (κ1) is 26.2. The van der Waals surface area contributed by atoms with Gasteiger partial charge < -0.3 is 24.8 Å². The van der Waals surface area contributed by atoms with Crippen molar-refractivity contribution in [2.45, 2.75) is 25.9 Å². The van der Waals surface area contributed by atoms with E-state index in [0.717, 1.165) is 50.1 Å². The third kappa shape index (κ3) is 7.53. The molecule has 176 valence electrons. The van der Waals surface area contributed by atoms with Gasteiger partial charge in [0.2, 0.25) is 0 Å². The second-order valence-electron chi connectivity index (χ2n) is 8.09. The number of hydrogen-bond donors (Lipinski definition) is 2. The average Bonchev–Trinajstić information content (AvgIpc) is 2.81. The van der Waals surface area contributed by atoms with E-state index < -0.39 is 0 Å². The van der Waals surface area contributed by atoms with Gasteiger partial charge >= 0.3 is 0 Å². The molecule has 0 radical (unpaired) electrons. The predicted molar refractivity (Wildman–Crippen MR) is 140 cm³/mol. The van der Waals surface area contributed by atoms with Crippen LogP contribution in [0.1, 0.15) is 19.4 Å². The molecule has 2 aromatic rings. The summed E-state index contributed by atoms with van der Waals surface area (Å²) in [5.74, 6) is 2.96. The molecule has 1 saturated heterocycles. The number of aliphatic imine (C=N–C) groups is 1. The zero-order valence-electron chi connectivity index (χ0n) is 19.4. The van der Waals surface area contributed by atoms with E-state index in [1.807, 2.05) is 48.5 Å². The van der Waals surface area contributed by atoms with Gasteiger partial charge in [0, 0.05) is 38.8 Å². The summed E-state index contributed by atoms with van der Waals surface area (Å²) in [4.78, 5) is 6.81. The number of methoxy groups -OCH3 is 1. The fraction of sp³-hybridized carbons (Fsp3) is 0.458. The van der Waals surface area contributed by atoms with Crippen LogP contribution in [-0.4, -0.2) is 63.4 Å². The molecule has 2 N–H and O–H groups in total. The van der Waals surface area contributed by atoms with Crippen molar-refractivity contribution in [3.05, 3.63) is 54.1 Å². The molecule has 8 heteroatoms. The van der Waals surface area contributed by atoms with Crippen LogP contribution in [0.4, 0.5) is 0 Å². The van der Waals surface area contributed by atoms with E-state index in [0.29, 0.717) is 18.0 Å². The number of nitrogens with zero attached hydrogens (tertiary/aromatic N) is 2. The Balaban J connectivity index is 0.00000363. The van der Waals surface area contributed by atoms with Gasteiger partial charge in [0.25, 0.3) is 0 Å². The van der Waals surface area contributed by atoms with Gasteiger partial charge in [-0.15, -0.1) is 24.0 Å². The van der Waals surface area contributed by atoms with Crippen molar-refractivity contribution < 1.29 is 14.2 Å². The van der Waals surface area contributed by atoms with Gasteiger partial charge in [0.15, 0.2) is 17.5 Å². The van der Waals surface area contributed by atoms with Crippen LogP contribution in [0.2, 0.25) is 0 Å². The van der Waals surface area contributed by atoms with Crippen molar-refractivity contribution in [3.63, 3.8) is 0 Å². The Labute approximate surface area is 208 Å². The van der Waals surface area contributed by atoms with Crippen LogP contribution in [0.5, 0.6) is 17.2 Å². The molecule has 3 rings (SSSR count). The Hall–Kier alpha value is -2.04. The molecule has 0 aliphatic carbocycles. The Morgan fingerprint density at radius 1 is 1.03 bits per heavy atom. The van der Waals surface area contributed by atoms with Crippen LogP contribution in [0.3, 0.4) is 0 Å². The van der Waals surface area contributed by atoms with Crippen LogP contribution in [0, 0.1) is 0 Å². The van der Waals surface area contributed by atoms with E-state index in [1.54, 1.807) is 14.2 Å². The normalized spacial score (nSPS) is 14.9. The van der Waals surface area contributed by atoms with Crippen LogP contribution in [0.25, 0.3) is 0 Å². The maximum Gasteiger partial charge on any atom is 0.191 e. The zero-order valence-corrected chi connectivity index (χ0v) is 21.7. The van der Waals surface area contributed by atoms with Crippen LogP contribution in [-0.2, 0) is 11.3 Å². The van der Waals surface area contributed by atoms with E-state index in [4.69, 9.17) is 14.2 Å². The third-order valence-electron chi connectivity index (χ3n) is 5.46. The van der Waals surface area contributed by atoms with Gasteiger partial charge in [0.05, 0.1) is 20.3 Å². The van der Waals surface area contributed by atoms with Crippen LogP contribution in [0.15, 0.2) is 53.5 Å². The lowest BCUT2D eigenvalue weighted by molar-refractivity contribution is -0.00834. The average molecular weight is 554 g/mol. The molecule has 32 heavy (non-hydrogen) atoms. The molecule has 1 aliphatic rings. The van der Waals surface area contributed by atoms with E-state index in [-0.39, 0.29) is 29.5 Å². The Morgan fingerprint density at radius 3 is 2.31 bits per heavy atom.